The molecule has 0 saturated carbocycles. The molecular weight excluding hydrogens is 436 g/mol. The number of Topliss-reactive ketones (excluding diaryl/α,β-unsaturated/α-hetero) is 1. The zero-order valence-electron chi connectivity index (χ0n) is 17.8. The molecule has 8 N–H and O–H groups in total. The predicted molar refractivity (Wildman–Crippen MR) is 111 cm³/mol. The second kappa shape index (κ2) is 7.12. The number of carbonyl (C=O) groups excluding carboxylic acids is 3. The molecule has 0 bridgehead atoms. The molecule has 11 nitrogen and oxygen atoms in total. The summed E-state index contributed by atoms with van der Waals surface area (Å²) in [5, 5.41) is 66.7. The van der Waals surface area contributed by atoms with Crippen molar-refractivity contribution in [3.05, 3.63) is 52.0 Å². The average Bonchev–Trinajstić information content (AvgIpc) is 2.74. The third kappa shape index (κ3) is 2.67. The minimum absolute atomic E-state index is 0.00957. The summed E-state index contributed by atoms with van der Waals surface area (Å²) >= 11 is 0. The minimum Gasteiger partial charge on any atom is -0.509 e. The minimum atomic E-state index is -2.83. The normalized spacial score (nSPS) is 35.8. The molecule has 6 atom stereocenters. The van der Waals surface area contributed by atoms with Gasteiger partial charge in [-0.05, 0) is 31.3 Å². The number of hydrogen-bond acceptors (Lipinski definition) is 10. The van der Waals surface area contributed by atoms with Crippen molar-refractivity contribution in [3.8, 4) is 5.75 Å². The maximum Gasteiger partial charge on any atom is 0.255 e. The number of nitrogens with zero attached hydrogens (tertiary/aromatic N) is 1. The lowest BCUT2D eigenvalue weighted by molar-refractivity contribution is -0.172. The number of nitrogens with two attached hydrogens (primary N) is 1. The maximum atomic E-state index is 13.1. The summed E-state index contributed by atoms with van der Waals surface area (Å²) in [5.74, 6) is -8.07. The summed E-state index contributed by atoms with van der Waals surface area (Å²) in [6.07, 6.45) is -2.02. The van der Waals surface area contributed by atoms with Crippen LogP contribution in [0.5, 0.6) is 5.75 Å². The molecule has 3 aliphatic rings. The number of aromatic hydroxyl groups is 1. The summed E-state index contributed by atoms with van der Waals surface area (Å²) in [4.78, 5) is 38.5. The molecule has 4 rings (SSSR count). The molecule has 0 saturated heterocycles. The SMILES string of the molecule is CN(C)[C@@H]1C(=O)C(C(N)=O)=C(O)[C@@]2(O)C(O)=C3Cc4c(O)cccc4[C@](O)(C=O)[C@H]3[C@H](O)[C@@H]12. The van der Waals surface area contributed by atoms with Crippen molar-refractivity contribution in [1.82, 2.24) is 4.90 Å². The van der Waals surface area contributed by atoms with E-state index in [1.807, 2.05) is 0 Å². The molecule has 0 radical (unpaired) electrons. The molecule has 0 heterocycles. The summed E-state index contributed by atoms with van der Waals surface area (Å²) < 4.78 is 0. The number of phenols is 1. The quantitative estimate of drug-likeness (QED) is 0.201. The summed E-state index contributed by atoms with van der Waals surface area (Å²) in [5.41, 5.74) is -1.13. The third-order valence-corrected chi connectivity index (χ3v) is 7.09. The Bertz CT molecular complexity index is 1160. The molecule has 0 fully saturated rings. The van der Waals surface area contributed by atoms with Gasteiger partial charge in [-0.25, -0.2) is 0 Å². The van der Waals surface area contributed by atoms with Crippen LogP contribution in [0.2, 0.25) is 0 Å². The van der Waals surface area contributed by atoms with Crippen molar-refractivity contribution in [3.63, 3.8) is 0 Å². The number of aliphatic hydroxyl groups excluding tert-OH is 3. The number of phenolic OH excluding ortho intramolecular Hbond substituents is 1. The van der Waals surface area contributed by atoms with Crippen molar-refractivity contribution in [2.75, 3.05) is 14.1 Å². The highest BCUT2D eigenvalue weighted by Gasteiger charge is 2.68. The number of ketones is 1. The van der Waals surface area contributed by atoms with Gasteiger partial charge in [0.25, 0.3) is 5.91 Å². The Morgan fingerprint density at radius 1 is 1.18 bits per heavy atom. The fourth-order valence-electron chi connectivity index (χ4n) is 5.66. The first kappa shape index (κ1) is 22.9. The van der Waals surface area contributed by atoms with E-state index in [0.29, 0.717) is 0 Å². The Hall–Kier alpha value is -3.25. The highest BCUT2D eigenvalue weighted by atomic mass is 16.4. The first-order valence-electron chi connectivity index (χ1n) is 10.1. The molecular formula is C22H24N2O9. The van der Waals surface area contributed by atoms with Crippen LogP contribution < -0.4 is 5.73 Å². The first-order valence-corrected chi connectivity index (χ1v) is 10.1. The number of aliphatic hydroxyl groups is 5. The Morgan fingerprint density at radius 3 is 2.36 bits per heavy atom. The fraction of sp³-hybridized carbons (Fsp3) is 0.409. The molecule has 0 aliphatic heterocycles. The van der Waals surface area contributed by atoms with Crippen LogP contribution in [0, 0.1) is 11.8 Å². The number of rotatable bonds is 3. The van der Waals surface area contributed by atoms with Crippen LogP contribution in [-0.2, 0) is 26.4 Å². The van der Waals surface area contributed by atoms with E-state index in [9.17, 15) is 45.0 Å². The number of amides is 1. The van der Waals surface area contributed by atoms with Crippen LogP contribution in [-0.4, -0.2) is 85.4 Å². The number of hydrogen-bond donors (Lipinski definition) is 7. The average molecular weight is 460 g/mol. The molecule has 0 aromatic heterocycles. The van der Waals surface area contributed by atoms with E-state index in [-0.39, 0.29) is 35.2 Å². The van der Waals surface area contributed by atoms with Gasteiger partial charge < -0.3 is 36.4 Å². The van der Waals surface area contributed by atoms with E-state index in [4.69, 9.17) is 5.73 Å². The van der Waals surface area contributed by atoms with Crippen molar-refractivity contribution < 1.29 is 45.0 Å². The zero-order valence-corrected chi connectivity index (χ0v) is 17.8. The van der Waals surface area contributed by atoms with E-state index < -0.39 is 64.0 Å². The highest BCUT2D eigenvalue weighted by Crippen LogP contribution is 2.56. The number of aldehydes is 1. The highest BCUT2D eigenvalue weighted by molar-refractivity contribution is 6.22. The van der Waals surface area contributed by atoms with Crippen LogP contribution in [0.25, 0.3) is 0 Å². The smallest absolute Gasteiger partial charge is 0.255 e. The van der Waals surface area contributed by atoms with Gasteiger partial charge in [-0.1, -0.05) is 12.1 Å². The fourth-order valence-corrected chi connectivity index (χ4v) is 5.66. The van der Waals surface area contributed by atoms with Crippen molar-refractivity contribution in [2.45, 2.75) is 29.8 Å². The van der Waals surface area contributed by atoms with Crippen molar-refractivity contribution >= 4 is 18.0 Å². The third-order valence-electron chi connectivity index (χ3n) is 7.09. The first-order chi connectivity index (χ1) is 15.3. The lowest BCUT2D eigenvalue weighted by Crippen LogP contribution is -2.69. The van der Waals surface area contributed by atoms with Crippen LogP contribution in [0.3, 0.4) is 0 Å². The molecule has 11 heteroatoms. The van der Waals surface area contributed by atoms with Crippen molar-refractivity contribution in [1.29, 1.82) is 0 Å². The van der Waals surface area contributed by atoms with E-state index in [2.05, 4.69) is 0 Å². The molecule has 33 heavy (non-hydrogen) atoms. The Balaban J connectivity index is 2.10. The van der Waals surface area contributed by atoms with Gasteiger partial charge in [-0.3, -0.25) is 19.3 Å². The van der Waals surface area contributed by atoms with E-state index in [0.717, 1.165) is 0 Å². The monoisotopic (exact) mass is 460 g/mol. The molecule has 3 aliphatic carbocycles. The molecule has 0 spiro atoms. The van der Waals surface area contributed by atoms with Crippen LogP contribution in [0.15, 0.2) is 40.9 Å². The van der Waals surface area contributed by atoms with Crippen LogP contribution in [0.1, 0.15) is 11.1 Å². The van der Waals surface area contributed by atoms with Gasteiger partial charge in [0, 0.05) is 12.0 Å². The number of likely N-dealkylation sites (N-methyl/N-ethyl adjacent to an activating group) is 1. The predicted octanol–water partition coefficient (Wildman–Crippen LogP) is -1.70. The summed E-state index contributed by atoms with van der Waals surface area (Å²) in [6, 6.07) is 2.60. The summed E-state index contributed by atoms with van der Waals surface area (Å²) in [6.45, 7) is 0. The van der Waals surface area contributed by atoms with Gasteiger partial charge in [-0.2, -0.15) is 0 Å². The van der Waals surface area contributed by atoms with Crippen LogP contribution in [0.4, 0.5) is 0 Å². The number of primary amides is 1. The molecule has 1 aromatic carbocycles. The lowest BCUT2D eigenvalue weighted by Gasteiger charge is -2.55. The molecule has 176 valence electrons. The van der Waals surface area contributed by atoms with Crippen molar-refractivity contribution in [2.24, 2.45) is 17.6 Å². The van der Waals surface area contributed by atoms with E-state index in [1.54, 1.807) is 0 Å². The second-order valence-corrected chi connectivity index (χ2v) is 8.92. The van der Waals surface area contributed by atoms with Gasteiger partial charge in [0.2, 0.25) is 0 Å². The van der Waals surface area contributed by atoms with Gasteiger partial charge in [-0.15, -0.1) is 0 Å². The number of fused-ring (bicyclic) bond motifs is 3. The molecule has 1 amide bonds. The Labute approximate surface area is 187 Å². The van der Waals surface area contributed by atoms with E-state index in [1.165, 1.54) is 37.2 Å². The zero-order chi connectivity index (χ0) is 24.6. The van der Waals surface area contributed by atoms with Gasteiger partial charge in [0.1, 0.15) is 22.8 Å². The largest absolute Gasteiger partial charge is 0.509 e. The van der Waals surface area contributed by atoms with Gasteiger partial charge in [0.15, 0.2) is 23.3 Å². The summed E-state index contributed by atoms with van der Waals surface area (Å²) in [7, 11) is 2.82. The van der Waals surface area contributed by atoms with Gasteiger partial charge in [0.05, 0.1) is 24.0 Å². The molecule has 0 unspecified atom stereocenters. The topological polar surface area (TPSA) is 202 Å². The Morgan fingerprint density at radius 2 is 1.82 bits per heavy atom. The number of benzene rings is 1. The second-order valence-electron chi connectivity index (χ2n) is 8.92. The lowest BCUT2D eigenvalue weighted by atomic mass is 9.54. The Kier molecular flexibility index (Phi) is 4.95. The van der Waals surface area contributed by atoms with E-state index >= 15 is 0 Å². The molecule has 1 aromatic rings. The van der Waals surface area contributed by atoms with Gasteiger partial charge >= 0.3 is 0 Å². The standard InChI is InChI=1S/C22H24N2O9/c1-24(2)15-14-17(28)13-9(6-8-10(21(13,32)7-25)4-3-5-11(8)26)18(29)22(14,33)19(30)12(16(15)27)20(23)31/h3-5,7,13-15,17,26,28-30,32-33H,6H2,1-2H3,(H2,23,31)/t13-,14-,15+,17+,21-,22+/m1/s1. The number of carbonyl (C=O) groups is 3. The van der Waals surface area contributed by atoms with Crippen LogP contribution >= 0.6 is 0 Å². The maximum absolute atomic E-state index is 13.1.